The van der Waals surface area contributed by atoms with E-state index in [0.717, 1.165) is 40.2 Å². The highest BCUT2D eigenvalue weighted by Gasteiger charge is 2.35. The van der Waals surface area contributed by atoms with Crippen LogP contribution in [0.1, 0.15) is 46.1 Å². The van der Waals surface area contributed by atoms with Gasteiger partial charge in [0.25, 0.3) is 11.8 Å². The fraction of sp³-hybridized carbons (Fsp3) is 0.250. The van der Waals surface area contributed by atoms with Gasteiger partial charge >= 0.3 is 0 Å². The number of carbonyl (C=O) groups excluding carboxylic acids is 2. The van der Waals surface area contributed by atoms with Crippen LogP contribution in [0, 0.1) is 34.6 Å². The van der Waals surface area contributed by atoms with E-state index in [1.807, 2.05) is 52.0 Å². The molecule has 1 aliphatic rings. The molecule has 6 heteroatoms. The number of hydrogen-bond donors (Lipinski definition) is 1. The standard InChI is InChI=1S/C28H29N3O2S/c1-7-21-10-8-9-17(3)25(21)30-19(5)14-22(20(30)6)15-24-26(32)29-28(34)31(27(24)33)23-12-11-16(2)18(4)13-23/h8-15H,7H2,1-6H3,(H,29,32,34)/b24-15+. The van der Waals surface area contributed by atoms with E-state index in [1.165, 1.54) is 16.0 Å². The first kappa shape index (κ1) is 23.6. The molecule has 1 aromatic heterocycles. The molecule has 174 valence electrons. The molecule has 2 heterocycles. The Balaban J connectivity index is 1.81. The monoisotopic (exact) mass is 471 g/mol. The fourth-order valence-corrected chi connectivity index (χ4v) is 4.80. The first-order chi connectivity index (χ1) is 16.1. The van der Waals surface area contributed by atoms with Gasteiger partial charge in [-0.3, -0.25) is 19.8 Å². The molecular weight excluding hydrogens is 442 g/mol. The van der Waals surface area contributed by atoms with Crippen molar-refractivity contribution in [3.8, 4) is 5.69 Å². The smallest absolute Gasteiger partial charge is 0.270 e. The second-order valence-corrected chi connectivity index (χ2v) is 9.21. The van der Waals surface area contributed by atoms with Crippen LogP contribution in [0.25, 0.3) is 11.8 Å². The number of carbonyl (C=O) groups is 2. The van der Waals surface area contributed by atoms with Gasteiger partial charge in [-0.1, -0.05) is 31.2 Å². The summed E-state index contributed by atoms with van der Waals surface area (Å²) in [6.07, 6.45) is 2.59. The van der Waals surface area contributed by atoms with Gasteiger partial charge in [0.05, 0.1) is 11.4 Å². The van der Waals surface area contributed by atoms with Crippen LogP contribution in [0.2, 0.25) is 0 Å². The summed E-state index contributed by atoms with van der Waals surface area (Å²) in [5.41, 5.74) is 9.29. The second-order valence-electron chi connectivity index (χ2n) is 8.82. The summed E-state index contributed by atoms with van der Waals surface area (Å²) in [5, 5.41) is 2.78. The summed E-state index contributed by atoms with van der Waals surface area (Å²) in [4.78, 5) is 27.7. The largest absolute Gasteiger partial charge is 0.317 e. The minimum Gasteiger partial charge on any atom is -0.317 e. The minimum absolute atomic E-state index is 0.0626. The maximum absolute atomic E-state index is 13.5. The average Bonchev–Trinajstić information content (AvgIpc) is 3.06. The number of nitrogens with zero attached hydrogens (tertiary/aromatic N) is 2. The van der Waals surface area contributed by atoms with Gasteiger partial charge in [0.15, 0.2) is 5.11 Å². The summed E-state index contributed by atoms with van der Waals surface area (Å²) < 4.78 is 2.21. The van der Waals surface area contributed by atoms with E-state index in [9.17, 15) is 9.59 Å². The molecule has 0 unspecified atom stereocenters. The number of nitrogens with one attached hydrogen (secondary N) is 1. The molecule has 0 aliphatic carbocycles. The molecule has 0 spiro atoms. The molecule has 0 radical (unpaired) electrons. The van der Waals surface area contributed by atoms with E-state index in [1.54, 1.807) is 6.08 Å². The third-order valence-electron chi connectivity index (χ3n) is 6.55. The maximum Gasteiger partial charge on any atom is 0.270 e. The molecule has 5 nitrogen and oxygen atoms in total. The lowest BCUT2D eigenvalue weighted by Crippen LogP contribution is -2.54. The summed E-state index contributed by atoms with van der Waals surface area (Å²) in [6, 6.07) is 14.0. The van der Waals surface area contributed by atoms with Gasteiger partial charge in [0.2, 0.25) is 0 Å². The minimum atomic E-state index is -0.481. The molecule has 4 rings (SSSR count). The van der Waals surface area contributed by atoms with Crippen molar-refractivity contribution in [3.05, 3.63) is 87.2 Å². The van der Waals surface area contributed by atoms with Gasteiger partial charge in [-0.05, 0) is 105 Å². The highest BCUT2D eigenvalue weighted by atomic mass is 32.1. The lowest BCUT2D eigenvalue weighted by atomic mass is 10.0. The predicted octanol–water partition coefficient (Wildman–Crippen LogP) is 5.41. The molecule has 1 aliphatic heterocycles. The van der Waals surface area contributed by atoms with E-state index in [0.29, 0.717) is 5.69 Å². The van der Waals surface area contributed by atoms with E-state index in [4.69, 9.17) is 12.2 Å². The quantitative estimate of drug-likeness (QED) is 0.314. The summed E-state index contributed by atoms with van der Waals surface area (Å²) >= 11 is 5.36. The molecule has 1 saturated heterocycles. The van der Waals surface area contributed by atoms with Crippen LogP contribution >= 0.6 is 12.2 Å². The third kappa shape index (κ3) is 3.99. The highest BCUT2D eigenvalue weighted by molar-refractivity contribution is 7.80. The van der Waals surface area contributed by atoms with Gasteiger partial charge in [0, 0.05) is 11.4 Å². The number of hydrogen-bond acceptors (Lipinski definition) is 3. The van der Waals surface area contributed by atoms with E-state index in [2.05, 4.69) is 41.9 Å². The Morgan fingerprint density at radius 2 is 1.68 bits per heavy atom. The van der Waals surface area contributed by atoms with E-state index in [-0.39, 0.29) is 10.7 Å². The van der Waals surface area contributed by atoms with Crippen molar-refractivity contribution in [3.63, 3.8) is 0 Å². The van der Waals surface area contributed by atoms with Crippen molar-refractivity contribution in [2.24, 2.45) is 0 Å². The molecule has 2 aromatic carbocycles. The first-order valence-corrected chi connectivity index (χ1v) is 11.8. The zero-order valence-corrected chi connectivity index (χ0v) is 21.3. The Morgan fingerprint density at radius 1 is 0.941 bits per heavy atom. The van der Waals surface area contributed by atoms with Crippen molar-refractivity contribution < 1.29 is 9.59 Å². The number of thiocarbonyl (C=S) groups is 1. The van der Waals surface area contributed by atoms with Crippen LogP contribution in [0.15, 0.2) is 48.0 Å². The van der Waals surface area contributed by atoms with Crippen LogP contribution in [-0.4, -0.2) is 21.5 Å². The number of benzene rings is 2. The SMILES string of the molecule is CCc1cccc(C)c1-n1c(C)cc(/C=C2\C(=O)NC(=S)N(c3ccc(C)c(C)c3)C2=O)c1C. The van der Waals surface area contributed by atoms with Gasteiger partial charge in [-0.2, -0.15) is 0 Å². The number of para-hydroxylation sites is 1. The van der Waals surface area contributed by atoms with Crippen molar-refractivity contribution >= 4 is 40.9 Å². The lowest BCUT2D eigenvalue weighted by Gasteiger charge is -2.29. The maximum atomic E-state index is 13.5. The average molecular weight is 472 g/mol. The van der Waals surface area contributed by atoms with Gasteiger partial charge in [-0.25, -0.2) is 0 Å². The molecule has 1 fully saturated rings. The number of aryl methyl sites for hydroxylation is 5. The van der Waals surface area contributed by atoms with Gasteiger partial charge < -0.3 is 4.57 Å². The second kappa shape index (κ2) is 9.03. The van der Waals surface area contributed by atoms with Crippen LogP contribution in [0.5, 0.6) is 0 Å². The highest BCUT2D eigenvalue weighted by Crippen LogP contribution is 2.29. The molecular formula is C28H29N3O2S. The topological polar surface area (TPSA) is 54.3 Å². The van der Waals surface area contributed by atoms with Crippen LogP contribution in [-0.2, 0) is 16.0 Å². The van der Waals surface area contributed by atoms with Crippen molar-refractivity contribution in [2.45, 2.75) is 48.0 Å². The van der Waals surface area contributed by atoms with E-state index < -0.39 is 11.8 Å². The first-order valence-electron chi connectivity index (χ1n) is 11.4. The van der Waals surface area contributed by atoms with E-state index >= 15 is 0 Å². The van der Waals surface area contributed by atoms with Crippen molar-refractivity contribution in [1.82, 2.24) is 9.88 Å². The van der Waals surface area contributed by atoms with Crippen LogP contribution in [0.3, 0.4) is 0 Å². The van der Waals surface area contributed by atoms with Gasteiger partial charge in [-0.15, -0.1) is 0 Å². The van der Waals surface area contributed by atoms with Crippen LogP contribution in [0.4, 0.5) is 5.69 Å². The Morgan fingerprint density at radius 3 is 2.35 bits per heavy atom. The third-order valence-corrected chi connectivity index (χ3v) is 6.83. The molecule has 0 atom stereocenters. The van der Waals surface area contributed by atoms with Crippen molar-refractivity contribution in [2.75, 3.05) is 4.90 Å². The Hall–Kier alpha value is -3.51. The Kier molecular flexibility index (Phi) is 6.28. The molecule has 1 N–H and O–H groups in total. The van der Waals surface area contributed by atoms with Crippen molar-refractivity contribution in [1.29, 1.82) is 0 Å². The number of amides is 2. The molecule has 0 bridgehead atoms. The molecule has 3 aromatic rings. The van der Waals surface area contributed by atoms with Gasteiger partial charge in [0.1, 0.15) is 5.57 Å². The molecule has 2 amide bonds. The Bertz CT molecular complexity index is 1380. The zero-order chi connectivity index (χ0) is 24.7. The normalized spacial score (nSPS) is 15.3. The number of anilines is 1. The number of aromatic nitrogens is 1. The molecule has 0 saturated carbocycles. The summed E-state index contributed by atoms with van der Waals surface area (Å²) in [7, 11) is 0. The summed E-state index contributed by atoms with van der Waals surface area (Å²) in [6.45, 7) is 12.3. The predicted molar refractivity (Wildman–Crippen MR) is 141 cm³/mol. The lowest BCUT2D eigenvalue weighted by molar-refractivity contribution is -0.122. The number of rotatable bonds is 4. The zero-order valence-electron chi connectivity index (χ0n) is 20.4. The Labute approximate surface area is 206 Å². The summed E-state index contributed by atoms with van der Waals surface area (Å²) in [5.74, 6) is -0.906. The molecule has 34 heavy (non-hydrogen) atoms. The van der Waals surface area contributed by atoms with Crippen LogP contribution < -0.4 is 10.2 Å². The fourth-order valence-electron chi connectivity index (χ4n) is 4.51.